The summed E-state index contributed by atoms with van der Waals surface area (Å²) in [7, 11) is 0. The van der Waals surface area contributed by atoms with Crippen LogP contribution < -0.4 is 0 Å². The second-order valence-corrected chi connectivity index (χ2v) is 5.07. The first-order chi connectivity index (χ1) is 6.99. The van der Waals surface area contributed by atoms with E-state index in [1.165, 1.54) is 12.8 Å². The highest BCUT2D eigenvalue weighted by Gasteiger charge is 2.34. The van der Waals surface area contributed by atoms with Gasteiger partial charge in [-0.05, 0) is 33.1 Å². The SMILES string of the molecule is CCC(O)(CC(Cl)=C(C)C)N1CCCC1. The normalized spacial score (nSPS) is 21.4. The van der Waals surface area contributed by atoms with Crippen LogP contribution >= 0.6 is 11.6 Å². The van der Waals surface area contributed by atoms with Crippen molar-refractivity contribution in [1.82, 2.24) is 4.90 Å². The molecule has 1 N–H and O–H groups in total. The summed E-state index contributed by atoms with van der Waals surface area (Å²) in [5.41, 5.74) is 0.368. The molecule has 88 valence electrons. The number of hydrogen-bond donors (Lipinski definition) is 1. The Bertz CT molecular complexity index is 242. The zero-order valence-electron chi connectivity index (χ0n) is 10.0. The maximum absolute atomic E-state index is 10.5. The van der Waals surface area contributed by atoms with Gasteiger partial charge in [0.15, 0.2) is 0 Å². The molecular weight excluding hydrogens is 210 g/mol. The van der Waals surface area contributed by atoms with Crippen molar-refractivity contribution in [2.75, 3.05) is 13.1 Å². The first kappa shape index (κ1) is 13.0. The Morgan fingerprint density at radius 1 is 1.33 bits per heavy atom. The van der Waals surface area contributed by atoms with Crippen LogP contribution in [-0.2, 0) is 0 Å². The zero-order chi connectivity index (χ0) is 11.5. The van der Waals surface area contributed by atoms with Crippen LogP contribution in [0.1, 0.15) is 46.5 Å². The molecule has 0 saturated carbocycles. The van der Waals surface area contributed by atoms with Gasteiger partial charge in [0.05, 0.1) is 0 Å². The highest BCUT2D eigenvalue weighted by Crippen LogP contribution is 2.31. The van der Waals surface area contributed by atoms with Crippen molar-refractivity contribution in [2.24, 2.45) is 0 Å². The fourth-order valence-corrected chi connectivity index (χ4v) is 2.23. The molecule has 1 unspecified atom stereocenters. The summed E-state index contributed by atoms with van der Waals surface area (Å²) < 4.78 is 0. The monoisotopic (exact) mass is 231 g/mol. The van der Waals surface area contributed by atoms with Crippen molar-refractivity contribution in [3.8, 4) is 0 Å². The number of aliphatic hydroxyl groups is 1. The van der Waals surface area contributed by atoms with E-state index in [0.29, 0.717) is 6.42 Å². The lowest BCUT2D eigenvalue weighted by Crippen LogP contribution is -2.46. The summed E-state index contributed by atoms with van der Waals surface area (Å²) in [6, 6.07) is 0. The second-order valence-electron chi connectivity index (χ2n) is 4.61. The van der Waals surface area contributed by atoms with Gasteiger partial charge in [0.25, 0.3) is 0 Å². The predicted octanol–water partition coefficient (Wildman–Crippen LogP) is 3.10. The lowest BCUT2D eigenvalue weighted by molar-refractivity contribution is -0.0981. The first-order valence-electron chi connectivity index (χ1n) is 5.79. The molecule has 15 heavy (non-hydrogen) atoms. The van der Waals surface area contributed by atoms with Crippen LogP contribution in [0, 0.1) is 0 Å². The largest absolute Gasteiger partial charge is 0.375 e. The molecule has 1 aliphatic heterocycles. The molecule has 0 amide bonds. The van der Waals surface area contributed by atoms with Crippen LogP contribution in [0.4, 0.5) is 0 Å². The Balaban J connectivity index is 2.71. The molecule has 2 nitrogen and oxygen atoms in total. The molecule has 0 aliphatic carbocycles. The third kappa shape index (κ3) is 3.20. The van der Waals surface area contributed by atoms with E-state index >= 15 is 0 Å². The molecule has 0 aromatic carbocycles. The highest BCUT2D eigenvalue weighted by atomic mass is 35.5. The summed E-state index contributed by atoms with van der Waals surface area (Å²) >= 11 is 6.15. The molecule has 1 rings (SSSR count). The minimum Gasteiger partial charge on any atom is -0.375 e. The number of rotatable bonds is 4. The molecule has 1 atom stereocenters. The maximum Gasteiger partial charge on any atom is 0.123 e. The van der Waals surface area contributed by atoms with E-state index in [2.05, 4.69) is 4.90 Å². The molecule has 0 aromatic rings. The standard InChI is InChI=1S/C12H22ClNO/c1-4-12(15,9-11(13)10(2)3)14-7-5-6-8-14/h15H,4-9H2,1-3H3. The van der Waals surface area contributed by atoms with E-state index in [9.17, 15) is 5.11 Å². The maximum atomic E-state index is 10.5. The zero-order valence-corrected chi connectivity index (χ0v) is 10.8. The van der Waals surface area contributed by atoms with Gasteiger partial charge in [-0.25, -0.2) is 0 Å². The van der Waals surface area contributed by atoms with Gasteiger partial charge >= 0.3 is 0 Å². The molecule has 1 fully saturated rings. The van der Waals surface area contributed by atoms with Crippen molar-refractivity contribution in [3.63, 3.8) is 0 Å². The summed E-state index contributed by atoms with van der Waals surface area (Å²) in [6.45, 7) is 7.99. The Hall–Kier alpha value is -0.0500. The lowest BCUT2D eigenvalue weighted by Gasteiger charge is -2.36. The smallest absolute Gasteiger partial charge is 0.123 e. The van der Waals surface area contributed by atoms with Gasteiger partial charge in [0.2, 0.25) is 0 Å². The van der Waals surface area contributed by atoms with Crippen molar-refractivity contribution >= 4 is 11.6 Å². The van der Waals surface area contributed by atoms with Gasteiger partial charge < -0.3 is 5.11 Å². The number of allylic oxidation sites excluding steroid dienone is 1. The molecular formula is C12H22ClNO. The molecule has 0 aromatic heterocycles. The van der Waals surface area contributed by atoms with Gasteiger partial charge in [-0.3, -0.25) is 4.90 Å². The Morgan fingerprint density at radius 3 is 2.27 bits per heavy atom. The predicted molar refractivity (Wildman–Crippen MR) is 64.9 cm³/mol. The van der Waals surface area contributed by atoms with Crippen LogP contribution in [-0.4, -0.2) is 28.8 Å². The molecule has 1 aliphatic rings. The average molecular weight is 232 g/mol. The number of hydrogen-bond acceptors (Lipinski definition) is 2. The number of likely N-dealkylation sites (tertiary alicyclic amines) is 1. The van der Waals surface area contributed by atoms with Crippen LogP contribution in [0.15, 0.2) is 10.6 Å². The third-order valence-electron chi connectivity index (χ3n) is 3.24. The van der Waals surface area contributed by atoms with Crippen molar-refractivity contribution in [2.45, 2.75) is 52.2 Å². The summed E-state index contributed by atoms with van der Waals surface area (Å²) in [4.78, 5) is 2.16. The Morgan fingerprint density at radius 2 is 1.87 bits per heavy atom. The van der Waals surface area contributed by atoms with E-state index < -0.39 is 5.72 Å². The third-order valence-corrected chi connectivity index (χ3v) is 3.75. The molecule has 0 bridgehead atoms. The van der Waals surface area contributed by atoms with E-state index in [1.807, 2.05) is 20.8 Å². The number of nitrogens with zero attached hydrogens (tertiary/aromatic N) is 1. The van der Waals surface area contributed by atoms with E-state index in [0.717, 1.165) is 30.1 Å². The fourth-order valence-electron chi connectivity index (χ4n) is 2.02. The van der Waals surface area contributed by atoms with E-state index in [4.69, 9.17) is 11.6 Å². The second kappa shape index (κ2) is 5.33. The average Bonchev–Trinajstić information content (AvgIpc) is 2.70. The number of halogens is 1. The van der Waals surface area contributed by atoms with Gasteiger partial charge in [0, 0.05) is 24.5 Å². The molecule has 1 heterocycles. The highest BCUT2D eigenvalue weighted by molar-refractivity contribution is 6.29. The fraction of sp³-hybridized carbons (Fsp3) is 0.833. The van der Waals surface area contributed by atoms with Crippen LogP contribution in [0.5, 0.6) is 0 Å². The minimum atomic E-state index is -0.731. The van der Waals surface area contributed by atoms with Crippen LogP contribution in [0.2, 0.25) is 0 Å². The lowest BCUT2D eigenvalue weighted by atomic mass is 10.0. The van der Waals surface area contributed by atoms with Gasteiger partial charge in [-0.1, -0.05) is 24.1 Å². The van der Waals surface area contributed by atoms with Gasteiger partial charge in [-0.2, -0.15) is 0 Å². The summed E-state index contributed by atoms with van der Waals surface area (Å²) in [5, 5.41) is 11.3. The van der Waals surface area contributed by atoms with Crippen molar-refractivity contribution < 1.29 is 5.11 Å². The van der Waals surface area contributed by atoms with Gasteiger partial charge in [-0.15, -0.1) is 0 Å². The minimum absolute atomic E-state index is 0.563. The first-order valence-corrected chi connectivity index (χ1v) is 6.16. The topological polar surface area (TPSA) is 23.5 Å². The quantitative estimate of drug-likeness (QED) is 0.804. The van der Waals surface area contributed by atoms with E-state index in [-0.39, 0.29) is 0 Å². The molecule has 0 spiro atoms. The van der Waals surface area contributed by atoms with Crippen LogP contribution in [0.25, 0.3) is 0 Å². The van der Waals surface area contributed by atoms with Crippen LogP contribution in [0.3, 0.4) is 0 Å². The summed E-state index contributed by atoms with van der Waals surface area (Å²) in [6.07, 6.45) is 3.67. The molecule has 1 saturated heterocycles. The Kier molecular flexibility index (Phi) is 4.63. The summed E-state index contributed by atoms with van der Waals surface area (Å²) in [5.74, 6) is 0. The van der Waals surface area contributed by atoms with Crippen molar-refractivity contribution in [3.05, 3.63) is 10.6 Å². The van der Waals surface area contributed by atoms with Gasteiger partial charge in [0.1, 0.15) is 5.72 Å². The Labute approximate surface area is 97.9 Å². The van der Waals surface area contributed by atoms with E-state index in [1.54, 1.807) is 0 Å². The van der Waals surface area contributed by atoms with Crippen molar-refractivity contribution in [1.29, 1.82) is 0 Å². The molecule has 3 heteroatoms. The molecule has 0 radical (unpaired) electrons.